The summed E-state index contributed by atoms with van der Waals surface area (Å²) in [7, 11) is -4.40. The van der Waals surface area contributed by atoms with Gasteiger partial charge in [-0.15, -0.1) is 0 Å². The Hall–Kier alpha value is -2.38. The van der Waals surface area contributed by atoms with E-state index >= 15 is 4.39 Å². The van der Waals surface area contributed by atoms with Crippen molar-refractivity contribution in [3.05, 3.63) is 33.1 Å². The van der Waals surface area contributed by atoms with Gasteiger partial charge in [-0.25, -0.2) is 9.18 Å². The van der Waals surface area contributed by atoms with E-state index in [1.165, 1.54) is 6.92 Å². The second-order valence-corrected chi connectivity index (χ2v) is 12.9. The Morgan fingerprint density at radius 3 is 2.03 bits per heavy atom. The SMILES string of the molecule is CC(C)(C)C(=O)OCOP(=O)(C[C@@]1(C)O[C@@H](n2ccc(=O)[nH]c2=O)[C@H](F)[C@@H]1O)OCOC(=O)C(C)(C)C. The van der Waals surface area contributed by atoms with Crippen LogP contribution in [-0.4, -0.2) is 64.2 Å². The van der Waals surface area contributed by atoms with Gasteiger partial charge < -0.3 is 19.3 Å². The van der Waals surface area contributed by atoms with Crippen LogP contribution < -0.4 is 11.2 Å². The molecule has 1 aromatic heterocycles. The zero-order chi connectivity index (χ0) is 28.4. The van der Waals surface area contributed by atoms with Gasteiger partial charge in [0, 0.05) is 12.3 Å². The van der Waals surface area contributed by atoms with Crippen molar-refractivity contribution in [2.75, 3.05) is 19.7 Å². The first-order valence-electron chi connectivity index (χ1n) is 11.3. The maximum absolute atomic E-state index is 15.1. The maximum Gasteiger partial charge on any atom is 0.339 e. The second-order valence-electron chi connectivity index (χ2n) is 10.9. The number of hydrogen-bond donors (Lipinski definition) is 2. The number of ether oxygens (including phenoxy) is 3. The second kappa shape index (κ2) is 11.2. The van der Waals surface area contributed by atoms with E-state index in [0.717, 1.165) is 16.8 Å². The van der Waals surface area contributed by atoms with E-state index in [4.69, 9.17) is 23.3 Å². The number of hydrogen-bond acceptors (Lipinski definition) is 11. The van der Waals surface area contributed by atoms with Gasteiger partial charge in [0.1, 0.15) is 11.7 Å². The Morgan fingerprint density at radius 1 is 1.11 bits per heavy atom. The molecule has 0 bridgehead atoms. The number of aliphatic hydroxyl groups excluding tert-OH is 1. The smallest absolute Gasteiger partial charge is 0.339 e. The van der Waals surface area contributed by atoms with Crippen molar-refractivity contribution in [1.82, 2.24) is 9.55 Å². The molecule has 1 aliphatic rings. The molecule has 2 rings (SSSR count). The molecule has 2 N–H and O–H groups in total. The van der Waals surface area contributed by atoms with E-state index in [2.05, 4.69) is 0 Å². The summed E-state index contributed by atoms with van der Waals surface area (Å²) in [6, 6.07) is 0.962. The molecule has 210 valence electrons. The lowest BCUT2D eigenvalue weighted by molar-refractivity contribution is -0.162. The van der Waals surface area contributed by atoms with Crippen LogP contribution in [0.25, 0.3) is 0 Å². The van der Waals surface area contributed by atoms with Crippen LogP contribution in [0.3, 0.4) is 0 Å². The third-order valence-corrected chi connectivity index (χ3v) is 7.34. The molecule has 0 aromatic carbocycles. The highest BCUT2D eigenvalue weighted by atomic mass is 31.2. The summed E-state index contributed by atoms with van der Waals surface area (Å²) in [6.07, 6.45) is -5.58. The average Bonchev–Trinajstić information content (AvgIpc) is 2.96. The van der Waals surface area contributed by atoms with Crippen molar-refractivity contribution in [2.24, 2.45) is 10.8 Å². The summed E-state index contributed by atoms with van der Waals surface area (Å²) in [5, 5.41) is 10.6. The minimum absolute atomic E-state index is 0.678. The minimum Gasteiger partial charge on any atom is -0.438 e. The summed E-state index contributed by atoms with van der Waals surface area (Å²) in [6.45, 7) is 9.07. The van der Waals surface area contributed by atoms with Gasteiger partial charge in [-0.2, -0.15) is 0 Å². The molecule has 1 aliphatic heterocycles. The molecule has 37 heavy (non-hydrogen) atoms. The van der Waals surface area contributed by atoms with Crippen molar-refractivity contribution in [3.8, 4) is 0 Å². The van der Waals surface area contributed by atoms with Gasteiger partial charge in [-0.05, 0) is 48.5 Å². The lowest BCUT2D eigenvalue weighted by Crippen LogP contribution is -2.43. The van der Waals surface area contributed by atoms with Crippen LogP contribution in [0, 0.1) is 10.8 Å². The molecule has 0 amide bonds. The Balaban J connectivity index is 2.25. The normalized spacial score (nSPS) is 24.6. The van der Waals surface area contributed by atoms with E-state index in [1.807, 2.05) is 4.98 Å². The van der Waals surface area contributed by atoms with Gasteiger partial charge in [-0.1, -0.05) is 0 Å². The first-order chi connectivity index (χ1) is 16.8. The molecule has 2 heterocycles. The first-order valence-corrected chi connectivity index (χ1v) is 13.1. The highest BCUT2D eigenvalue weighted by Gasteiger charge is 2.56. The lowest BCUT2D eigenvalue weighted by Gasteiger charge is -2.31. The van der Waals surface area contributed by atoms with Crippen LogP contribution in [0.4, 0.5) is 4.39 Å². The number of alkyl halides is 1. The quantitative estimate of drug-likeness (QED) is 0.260. The van der Waals surface area contributed by atoms with Crippen LogP contribution in [0.5, 0.6) is 0 Å². The summed E-state index contributed by atoms with van der Waals surface area (Å²) in [5.74, 6) is -1.36. The standard InChI is InChI=1S/C22H34FN2O11P/c1-20(2,3)17(28)32-11-34-37(31,35-12-33-18(29)21(4,5)6)10-22(7)15(27)14(23)16(36-22)25-9-8-13(26)24-19(25)30/h8-9,14-16,27H,10-12H2,1-7H3,(H,24,26,30)/t14-,15+,16-,22-/m1/s1. The van der Waals surface area contributed by atoms with Crippen molar-refractivity contribution in [3.63, 3.8) is 0 Å². The Bertz CT molecular complexity index is 1120. The molecule has 1 saturated heterocycles. The number of esters is 2. The average molecular weight is 552 g/mol. The van der Waals surface area contributed by atoms with Gasteiger partial charge in [-0.3, -0.25) is 37.5 Å². The van der Waals surface area contributed by atoms with Crippen LogP contribution >= 0.6 is 7.60 Å². The lowest BCUT2D eigenvalue weighted by atomic mass is 9.98. The van der Waals surface area contributed by atoms with Crippen LogP contribution in [-0.2, 0) is 37.4 Å². The number of rotatable bonds is 9. The third-order valence-electron chi connectivity index (χ3n) is 5.33. The Labute approximate surface area is 212 Å². The molecule has 0 spiro atoms. The van der Waals surface area contributed by atoms with E-state index < -0.39 is 85.5 Å². The Kier molecular flexibility index (Phi) is 9.30. The predicted molar refractivity (Wildman–Crippen MR) is 126 cm³/mol. The van der Waals surface area contributed by atoms with Gasteiger partial charge in [0.2, 0.25) is 13.6 Å². The predicted octanol–water partition coefficient (Wildman–Crippen LogP) is 1.84. The van der Waals surface area contributed by atoms with E-state index in [-0.39, 0.29) is 0 Å². The number of nitrogens with zero attached hydrogens (tertiary/aromatic N) is 1. The fourth-order valence-corrected chi connectivity index (χ4v) is 4.85. The van der Waals surface area contributed by atoms with Crippen LogP contribution in [0.1, 0.15) is 54.7 Å². The van der Waals surface area contributed by atoms with Crippen molar-refractivity contribution in [1.29, 1.82) is 0 Å². The van der Waals surface area contributed by atoms with Crippen molar-refractivity contribution < 1.29 is 46.9 Å². The molecule has 0 radical (unpaired) electrons. The molecule has 13 nitrogen and oxygen atoms in total. The molecule has 0 unspecified atom stereocenters. The molecule has 1 aromatic rings. The molecule has 4 atom stereocenters. The zero-order valence-electron chi connectivity index (χ0n) is 21.8. The first kappa shape index (κ1) is 30.8. The topological polar surface area (TPSA) is 172 Å². The highest BCUT2D eigenvalue weighted by molar-refractivity contribution is 7.53. The fourth-order valence-electron chi connectivity index (χ4n) is 3.14. The number of aliphatic hydroxyl groups is 1. The number of nitrogens with one attached hydrogen (secondary N) is 1. The molecular weight excluding hydrogens is 518 g/mol. The molecular formula is C22H34FN2O11P. The minimum atomic E-state index is -4.40. The summed E-state index contributed by atoms with van der Waals surface area (Å²) in [5.41, 5.74) is -5.45. The monoisotopic (exact) mass is 552 g/mol. The number of H-pyrrole nitrogens is 1. The van der Waals surface area contributed by atoms with Crippen LogP contribution in [0.2, 0.25) is 0 Å². The number of carbonyl (C=O) groups is 2. The number of carbonyl (C=O) groups excluding carboxylic acids is 2. The van der Waals surface area contributed by atoms with E-state index in [9.17, 15) is 28.8 Å². The van der Waals surface area contributed by atoms with Gasteiger partial charge in [0.25, 0.3) is 5.56 Å². The highest BCUT2D eigenvalue weighted by Crippen LogP contribution is 2.54. The van der Waals surface area contributed by atoms with Gasteiger partial charge >= 0.3 is 25.2 Å². The number of halogens is 1. The number of aromatic amines is 1. The van der Waals surface area contributed by atoms with Gasteiger partial charge in [0.05, 0.1) is 17.0 Å². The largest absolute Gasteiger partial charge is 0.438 e. The molecule has 15 heteroatoms. The van der Waals surface area contributed by atoms with Gasteiger partial charge in [0.15, 0.2) is 12.4 Å². The summed E-state index contributed by atoms with van der Waals surface area (Å²) in [4.78, 5) is 49.5. The molecule has 1 fully saturated rings. The van der Waals surface area contributed by atoms with E-state index in [1.54, 1.807) is 41.5 Å². The maximum atomic E-state index is 15.1. The Morgan fingerprint density at radius 2 is 1.59 bits per heavy atom. The van der Waals surface area contributed by atoms with E-state index in [0.29, 0.717) is 0 Å². The molecule has 0 saturated carbocycles. The van der Waals surface area contributed by atoms with Crippen molar-refractivity contribution in [2.45, 2.75) is 72.6 Å². The van der Waals surface area contributed by atoms with Crippen LogP contribution in [0.15, 0.2) is 21.9 Å². The van der Waals surface area contributed by atoms with Crippen molar-refractivity contribution >= 4 is 19.5 Å². The fraction of sp³-hybridized carbons (Fsp3) is 0.727. The summed E-state index contributed by atoms with van der Waals surface area (Å²) >= 11 is 0. The molecule has 0 aliphatic carbocycles. The number of aromatic nitrogens is 2. The summed E-state index contributed by atoms with van der Waals surface area (Å²) < 4.78 is 55.4. The zero-order valence-corrected chi connectivity index (χ0v) is 22.7. The third kappa shape index (κ3) is 7.81.